The Hall–Kier alpha value is -0.0400. The van der Waals surface area contributed by atoms with E-state index in [1.807, 2.05) is 0 Å². The fourth-order valence-corrected chi connectivity index (χ4v) is 3.86. The van der Waals surface area contributed by atoms with Gasteiger partial charge in [-0.25, -0.2) is 0 Å². The summed E-state index contributed by atoms with van der Waals surface area (Å²) in [7, 11) is 0. The zero-order valence-electron chi connectivity index (χ0n) is 6.14. The predicted molar refractivity (Wildman–Crippen MR) is 38.6 cm³/mol. The number of hydrogen-bond donors (Lipinski definition) is 1. The Morgan fingerprint density at radius 1 is 1.30 bits per heavy atom. The highest BCUT2D eigenvalue weighted by atomic mass is 15.2. The molecule has 1 saturated heterocycles. The van der Waals surface area contributed by atoms with Crippen molar-refractivity contribution in [1.29, 1.82) is 0 Å². The van der Waals surface area contributed by atoms with Gasteiger partial charge in [0.2, 0.25) is 0 Å². The highest BCUT2D eigenvalue weighted by molar-refractivity contribution is 5.28. The topological polar surface area (TPSA) is 12.0 Å². The molecule has 1 N–H and O–H groups in total. The summed E-state index contributed by atoms with van der Waals surface area (Å²) in [4.78, 5) is 0. The summed E-state index contributed by atoms with van der Waals surface area (Å²) in [5.74, 6) is 3.39. The predicted octanol–water partition coefficient (Wildman–Crippen LogP) is 1.15. The van der Waals surface area contributed by atoms with Crippen molar-refractivity contribution in [3.05, 3.63) is 0 Å². The molecule has 0 aromatic heterocycles. The Bertz CT molecular complexity index is 213. The SMILES string of the molecule is C1C2NC34CCC3CC4C12. The molecule has 1 heteroatoms. The summed E-state index contributed by atoms with van der Waals surface area (Å²) in [5.41, 5.74) is 0.744. The van der Waals surface area contributed by atoms with Gasteiger partial charge in [-0.2, -0.15) is 0 Å². The summed E-state index contributed by atoms with van der Waals surface area (Å²) in [6.45, 7) is 0. The average Bonchev–Trinajstić information content (AvgIpc) is 2.61. The Morgan fingerprint density at radius 2 is 2.30 bits per heavy atom. The molecule has 5 atom stereocenters. The van der Waals surface area contributed by atoms with E-state index in [4.69, 9.17) is 0 Å². The average molecular weight is 135 g/mol. The number of hydrogen-bond acceptors (Lipinski definition) is 1. The van der Waals surface area contributed by atoms with E-state index in [2.05, 4.69) is 5.32 Å². The molecule has 1 spiro atoms. The Morgan fingerprint density at radius 3 is 2.80 bits per heavy atom. The Balaban J connectivity index is 1.79. The molecule has 0 radical (unpaired) electrons. The van der Waals surface area contributed by atoms with Crippen LogP contribution in [0.25, 0.3) is 0 Å². The van der Waals surface area contributed by atoms with Gasteiger partial charge in [0.05, 0.1) is 0 Å². The highest BCUT2D eigenvalue weighted by Crippen LogP contribution is 2.69. The molecule has 0 bridgehead atoms. The highest BCUT2D eigenvalue weighted by Gasteiger charge is 2.72. The van der Waals surface area contributed by atoms with Crippen molar-refractivity contribution in [2.24, 2.45) is 17.8 Å². The van der Waals surface area contributed by atoms with Crippen molar-refractivity contribution >= 4 is 0 Å². The van der Waals surface area contributed by atoms with Crippen LogP contribution in [0, 0.1) is 17.8 Å². The first-order chi connectivity index (χ1) is 4.90. The molecule has 3 saturated carbocycles. The van der Waals surface area contributed by atoms with Crippen molar-refractivity contribution < 1.29 is 0 Å². The molecule has 0 aromatic rings. The molecule has 54 valence electrons. The van der Waals surface area contributed by atoms with Crippen molar-refractivity contribution in [1.82, 2.24) is 5.32 Å². The summed E-state index contributed by atoms with van der Waals surface area (Å²) in [5, 5.41) is 3.84. The van der Waals surface area contributed by atoms with E-state index in [1.165, 1.54) is 19.3 Å². The fraction of sp³-hybridized carbons (Fsp3) is 1.00. The normalized spacial score (nSPS) is 74.4. The van der Waals surface area contributed by atoms with E-state index >= 15 is 0 Å². The van der Waals surface area contributed by atoms with Gasteiger partial charge in [0.25, 0.3) is 0 Å². The molecule has 10 heavy (non-hydrogen) atoms. The zero-order valence-corrected chi connectivity index (χ0v) is 6.14. The van der Waals surface area contributed by atoms with Crippen LogP contribution in [0.15, 0.2) is 0 Å². The molecule has 4 aliphatic rings. The lowest BCUT2D eigenvalue weighted by molar-refractivity contribution is -0.0724. The third kappa shape index (κ3) is 0.282. The van der Waals surface area contributed by atoms with E-state index in [9.17, 15) is 0 Å². The molecule has 5 unspecified atom stereocenters. The lowest BCUT2D eigenvalue weighted by atomic mass is 9.47. The molecule has 3 aliphatic carbocycles. The number of fused-ring (bicyclic) bond motifs is 2. The molecule has 0 aromatic carbocycles. The molecule has 1 heterocycles. The zero-order chi connectivity index (χ0) is 6.34. The van der Waals surface area contributed by atoms with Crippen LogP contribution in [0.5, 0.6) is 0 Å². The van der Waals surface area contributed by atoms with Gasteiger partial charge in [0.15, 0.2) is 0 Å². The quantitative estimate of drug-likeness (QED) is 0.525. The van der Waals surface area contributed by atoms with Gasteiger partial charge in [-0.3, -0.25) is 0 Å². The van der Waals surface area contributed by atoms with Crippen LogP contribution in [-0.4, -0.2) is 11.6 Å². The summed E-state index contributed by atoms with van der Waals surface area (Å²) in [6.07, 6.45) is 6.13. The van der Waals surface area contributed by atoms with Crippen LogP contribution in [0.2, 0.25) is 0 Å². The van der Waals surface area contributed by atoms with E-state index in [1.54, 1.807) is 6.42 Å². The molecular formula is C9H13N. The van der Waals surface area contributed by atoms with E-state index < -0.39 is 0 Å². The minimum atomic E-state index is 0.744. The van der Waals surface area contributed by atoms with Crippen molar-refractivity contribution in [3.63, 3.8) is 0 Å². The largest absolute Gasteiger partial charge is 0.308 e. The van der Waals surface area contributed by atoms with Crippen LogP contribution < -0.4 is 5.32 Å². The lowest BCUT2D eigenvalue weighted by Gasteiger charge is -2.62. The summed E-state index contributed by atoms with van der Waals surface area (Å²) in [6, 6.07) is 0.982. The first-order valence-electron chi connectivity index (χ1n) is 4.68. The minimum Gasteiger partial charge on any atom is -0.308 e. The maximum atomic E-state index is 3.84. The van der Waals surface area contributed by atoms with E-state index in [-0.39, 0.29) is 0 Å². The van der Waals surface area contributed by atoms with Gasteiger partial charge < -0.3 is 5.32 Å². The van der Waals surface area contributed by atoms with Crippen LogP contribution in [-0.2, 0) is 0 Å². The minimum absolute atomic E-state index is 0.744. The first-order valence-corrected chi connectivity index (χ1v) is 4.68. The standard InChI is InChI=1S/C9H13N/c1-2-9-5(1)3-7(9)6-4-8(6)10-9/h5-8,10H,1-4H2. The fourth-order valence-electron chi connectivity index (χ4n) is 3.86. The van der Waals surface area contributed by atoms with E-state index in [0.717, 1.165) is 29.3 Å². The summed E-state index contributed by atoms with van der Waals surface area (Å²) < 4.78 is 0. The van der Waals surface area contributed by atoms with Crippen molar-refractivity contribution in [3.8, 4) is 0 Å². The molecule has 4 fully saturated rings. The van der Waals surface area contributed by atoms with Crippen molar-refractivity contribution in [2.75, 3.05) is 0 Å². The third-order valence-corrected chi connectivity index (χ3v) is 4.65. The van der Waals surface area contributed by atoms with Gasteiger partial charge in [0.1, 0.15) is 0 Å². The maximum absolute atomic E-state index is 3.84. The second kappa shape index (κ2) is 1.08. The molecular weight excluding hydrogens is 122 g/mol. The molecule has 1 nitrogen and oxygen atoms in total. The van der Waals surface area contributed by atoms with Gasteiger partial charge >= 0.3 is 0 Å². The maximum Gasteiger partial charge on any atom is 0.0244 e. The van der Waals surface area contributed by atoms with Crippen LogP contribution in [0.4, 0.5) is 0 Å². The van der Waals surface area contributed by atoms with Gasteiger partial charge in [-0.1, -0.05) is 0 Å². The first kappa shape index (κ1) is 4.76. The van der Waals surface area contributed by atoms with Crippen LogP contribution >= 0.6 is 0 Å². The van der Waals surface area contributed by atoms with Crippen molar-refractivity contribution in [2.45, 2.75) is 37.3 Å². The lowest BCUT2D eigenvalue weighted by Crippen LogP contribution is -2.68. The molecule has 1 aliphatic heterocycles. The van der Waals surface area contributed by atoms with Crippen LogP contribution in [0.1, 0.15) is 25.7 Å². The van der Waals surface area contributed by atoms with Gasteiger partial charge in [0, 0.05) is 11.6 Å². The van der Waals surface area contributed by atoms with E-state index in [0.29, 0.717) is 0 Å². The summed E-state index contributed by atoms with van der Waals surface area (Å²) >= 11 is 0. The Labute approximate surface area is 61.2 Å². The van der Waals surface area contributed by atoms with Gasteiger partial charge in [-0.15, -0.1) is 0 Å². The number of nitrogens with one attached hydrogen (secondary N) is 1. The second-order valence-corrected chi connectivity index (χ2v) is 4.77. The molecule has 4 rings (SSSR count). The third-order valence-electron chi connectivity index (χ3n) is 4.65. The molecule has 0 amide bonds. The Kier molecular flexibility index (Phi) is 0.513. The number of piperidine rings is 1. The number of rotatable bonds is 0. The second-order valence-electron chi connectivity index (χ2n) is 4.77. The van der Waals surface area contributed by atoms with Crippen LogP contribution in [0.3, 0.4) is 0 Å². The smallest absolute Gasteiger partial charge is 0.0244 e. The monoisotopic (exact) mass is 135 g/mol. The van der Waals surface area contributed by atoms with Gasteiger partial charge in [-0.05, 0) is 43.4 Å².